The third kappa shape index (κ3) is 4.15. The van der Waals surface area contributed by atoms with Gasteiger partial charge in [-0.2, -0.15) is 5.26 Å². The van der Waals surface area contributed by atoms with Crippen molar-refractivity contribution >= 4 is 5.69 Å². The lowest BCUT2D eigenvalue weighted by atomic mass is 10.0. The van der Waals surface area contributed by atoms with Crippen molar-refractivity contribution < 1.29 is 4.74 Å². The minimum atomic E-state index is 0.0995. The lowest BCUT2D eigenvalue weighted by molar-refractivity contribution is 0.229. The zero-order valence-corrected chi connectivity index (χ0v) is 11.4. The van der Waals surface area contributed by atoms with E-state index in [-0.39, 0.29) is 6.61 Å². The molecule has 0 radical (unpaired) electrons. The molecule has 4 heteroatoms. The van der Waals surface area contributed by atoms with Crippen molar-refractivity contribution in [3.63, 3.8) is 0 Å². The molecule has 1 aliphatic rings. The van der Waals surface area contributed by atoms with Crippen LogP contribution in [0.5, 0.6) is 5.75 Å². The van der Waals surface area contributed by atoms with Crippen molar-refractivity contribution in [1.82, 2.24) is 4.90 Å². The standard InChI is InChI=1S/C15H21N3O/c1-2-18-10-7-14(8-11-18)17-13-3-5-15(6-4-13)19-12-9-16/h3-6,14,17H,2,7-8,10-12H2,1H3. The van der Waals surface area contributed by atoms with E-state index in [0.717, 1.165) is 18.0 Å². The predicted octanol–water partition coefficient (Wildman–Crippen LogP) is 2.49. The van der Waals surface area contributed by atoms with Crippen molar-refractivity contribution in [3.8, 4) is 11.8 Å². The van der Waals surface area contributed by atoms with Crippen LogP contribution in [0.25, 0.3) is 0 Å². The second kappa shape index (κ2) is 7.01. The lowest BCUT2D eigenvalue weighted by Gasteiger charge is -2.32. The van der Waals surface area contributed by atoms with Gasteiger partial charge in [-0.1, -0.05) is 6.92 Å². The van der Waals surface area contributed by atoms with Gasteiger partial charge in [0.15, 0.2) is 6.61 Å². The Balaban J connectivity index is 1.81. The largest absolute Gasteiger partial charge is 0.479 e. The highest BCUT2D eigenvalue weighted by Gasteiger charge is 2.17. The Morgan fingerprint density at radius 2 is 2.00 bits per heavy atom. The zero-order chi connectivity index (χ0) is 13.5. The summed E-state index contributed by atoms with van der Waals surface area (Å²) in [6, 6.07) is 10.4. The lowest BCUT2D eigenvalue weighted by Crippen LogP contribution is -2.38. The predicted molar refractivity (Wildman–Crippen MR) is 76.3 cm³/mol. The number of anilines is 1. The number of rotatable bonds is 5. The Hall–Kier alpha value is -1.73. The fourth-order valence-corrected chi connectivity index (χ4v) is 2.39. The van der Waals surface area contributed by atoms with E-state index in [1.807, 2.05) is 30.3 Å². The zero-order valence-electron chi connectivity index (χ0n) is 11.4. The molecular formula is C15H21N3O. The van der Waals surface area contributed by atoms with Gasteiger partial charge in [0.2, 0.25) is 0 Å². The number of benzene rings is 1. The van der Waals surface area contributed by atoms with Crippen LogP contribution in [0.3, 0.4) is 0 Å². The molecule has 1 aromatic carbocycles. The summed E-state index contributed by atoms with van der Waals surface area (Å²) >= 11 is 0. The number of nitriles is 1. The van der Waals surface area contributed by atoms with Gasteiger partial charge in [-0.05, 0) is 43.7 Å². The second-order valence-corrected chi connectivity index (χ2v) is 4.82. The summed E-state index contributed by atoms with van der Waals surface area (Å²) < 4.78 is 5.23. The molecule has 1 aliphatic heterocycles. The minimum absolute atomic E-state index is 0.0995. The molecule has 0 unspecified atom stereocenters. The van der Waals surface area contributed by atoms with E-state index in [4.69, 9.17) is 10.00 Å². The highest BCUT2D eigenvalue weighted by atomic mass is 16.5. The Kier molecular flexibility index (Phi) is 5.05. The van der Waals surface area contributed by atoms with Crippen LogP contribution in [0.2, 0.25) is 0 Å². The molecular weight excluding hydrogens is 238 g/mol. The van der Waals surface area contributed by atoms with E-state index < -0.39 is 0 Å². The van der Waals surface area contributed by atoms with Gasteiger partial charge >= 0.3 is 0 Å². The van der Waals surface area contributed by atoms with Gasteiger partial charge < -0.3 is 15.0 Å². The van der Waals surface area contributed by atoms with Crippen molar-refractivity contribution in [3.05, 3.63) is 24.3 Å². The maximum Gasteiger partial charge on any atom is 0.174 e. The third-order valence-corrected chi connectivity index (χ3v) is 3.56. The quantitative estimate of drug-likeness (QED) is 0.882. The molecule has 1 aromatic rings. The SMILES string of the molecule is CCN1CCC(Nc2ccc(OCC#N)cc2)CC1. The first-order valence-electron chi connectivity index (χ1n) is 6.90. The fourth-order valence-electron chi connectivity index (χ4n) is 2.39. The Morgan fingerprint density at radius 3 is 2.58 bits per heavy atom. The summed E-state index contributed by atoms with van der Waals surface area (Å²) in [5, 5.41) is 12.0. The number of hydrogen-bond donors (Lipinski definition) is 1. The van der Waals surface area contributed by atoms with Crippen molar-refractivity contribution in [1.29, 1.82) is 5.26 Å². The number of ether oxygens (including phenoxy) is 1. The number of piperidine rings is 1. The highest BCUT2D eigenvalue weighted by molar-refractivity contribution is 5.47. The fraction of sp³-hybridized carbons (Fsp3) is 0.533. The van der Waals surface area contributed by atoms with E-state index >= 15 is 0 Å². The monoisotopic (exact) mass is 259 g/mol. The average molecular weight is 259 g/mol. The first-order chi connectivity index (χ1) is 9.31. The molecule has 1 saturated heterocycles. The summed E-state index contributed by atoms with van der Waals surface area (Å²) in [4.78, 5) is 2.48. The van der Waals surface area contributed by atoms with Gasteiger partial charge in [0.25, 0.3) is 0 Å². The molecule has 0 aromatic heterocycles. The molecule has 102 valence electrons. The van der Waals surface area contributed by atoms with E-state index in [1.54, 1.807) is 0 Å². The summed E-state index contributed by atoms with van der Waals surface area (Å²) in [5.41, 5.74) is 1.12. The average Bonchev–Trinajstić information content (AvgIpc) is 2.47. The van der Waals surface area contributed by atoms with E-state index in [0.29, 0.717) is 6.04 Å². The Bertz CT molecular complexity index is 416. The van der Waals surface area contributed by atoms with Gasteiger partial charge in [0, 0.05) is 24.8 Å². The molecule has 0 spiro atoms. The molecule has 0 atom stereocenters. The van der Waals surface area contributed by atoms with E-state index in [1.165, 1.54) is 25.9 Å². The number of likely N-dealkylation sites (tertiary alicyclic amines) is 1. The molecule has 0 bridgehead atoms. The van der Waals surface area contributed by atoms with Gasteiger partial charge in [-0.3, -0.25) is 0 Å². The minimum Gasteiger partial charge on any atom is -0.479 e. The summed E-state index contributed by atoms with van der Waals surface area (Å²) in [6.07, 6.45) is 2.39. The third-order valence-electron chi connectivity index (χ3n) is 3.56. The van der Waals surface area contributed by atoms with Gasteiger partial charge in [0.1, 0.15) is 11.8 Å². The van der Waals surface area contributed by atoms with Crippen LogP contribution < -0.4 is 10.1 Å². The Labute approximate surface area is 115 Å². The van der Waals surface area contributed by atoms with Crippen LogP contribution in [-0.4, -0.2) is 37.2 Å². The second-order valence-electron chi connectivity index (χ2n) is 4.82. The molecule has 0 aliphatic carbocycles. The van der Waals surface area contributed by atoms with Crippen LogP contribution in [-0.2, 0) is 0 Å². The number of nitrogens with one attached hydrogen (secondary N) is 1. The van der Waals surface area contributed by atoms with Crippen molar-refractivity contribution in [2.75, 3.05) is 31.6 Å². The molecule has 0 amide bonds. The van der Waals surface area contributed by atoms with Gasteiger partial charge in [-0.25, -0.2) is 0 Å². The van der Waals surface area contributed by atoms with E-state index in [2.05, 4.69) is 17.1 Å². The number of nitrogens with zero attached hydrogens (tertiary/aromatic N) is 2. The molecule has 19 heavy (non-hydrogen) atoms. The van der Waals surface area contributed by atoms with E-state index in [9.17, 15) is 0 Å². The first-order valence-corrected chi connectivity index (χ1v) is 6.90. The van der Waals surface area contributed by atoms with Crippen LogP contribution in [0.1, 0.15) is 19.8 Å². The number of hydrogen-bond acceptors (Lipinski definition) is 4. The summed E-state index contributed by atoms with van der Waals surface area (Å²) in [7, 11) is 0. The van der Waals surface area contributed by atoms with Crippen LogP contribution >= 0.6 is 0 Å². The Morgan fingerprint density at radius 1 is 1.32 bits per heavy atom. The first kappa shape index (κ1) is 13.7. The smallest absolute Gasteiger partial charge is 0.174 e. The molecule has 4 nitrogen and oxygen atoms in total. The van der Waals surface area contributed by atoms with Crippen molar-refractivity contribution in [2.45, 2.75) is 25.8 Å². The van der Waals surface area contributed by atoms with Gasteiger partial charge in [-0.15, -0.1) is 0 Å². The van der Waals surface area contributed by atoms with Crippen molar-refractivity contribution in [2.24, 2.45) is 0 Å². The van der Waals surface area contributed by atoms with Crippen LogP contribution in [0.15, 0.2) is 24.3 Å². The highest BCUT2D eigenvalue weighted by Crippen LogP contribution is 2.19. The maximum absolute atomic E-state index is 8.45. The van der Waals surface area contributed by atoms with Crippen LogP contribution in [0.4, 0.5) is 5.69 Å². The molecule has 1 heterocycles. The molecule has 2 rings (SSSR count). The normalized spacial score (nSPS) is 16.8. The molecule has 1 N–H and O–H groups in total. The van der Waals surface area contributed by atoms with Crippen LogP contribution in [0, 0.1) is 11.3 Å². The van der Waals surface area contributed by atoms with Gasteiger partial charge in [0.05, 0.1) is 0 Å². The summed E-state index contributed by atoms with van der Waals surface area (Å²) in [5.74, 6) is 0.743. The molecule has 1 fully saturated rings. The molecule has 0 saturated carbocycles. The maximum atomic E-state index is 8.45. The summed E-state index contributed by atoms with van der Waals surface area (Å²) in [6.45, 7) is 5.82. The topological polar surface area (TPSA) is 48.3 Å².